The van der Waals surface area contributed by atoms with Gasteiger partial charge in [-0.05, 0) is 36.6 Å². The highest BCUT2D eigenvalue weighted by atomic mass is 35.5. The number of imidazole rings is 1. The first-order chi connectivity index (χ1) is 12.7. The third-order valence-corrected chi connectivity index (χ3v) is 5.34. The summed E-state index contributed by atoms with van der Waals surface area (Å²) in [4.78, 5) is 14.0. The van der Waals surface area contributed by atoms with Gasteiger partial charge in [0, 0.05) is 23.9 Å². The number of benzene rings is 2. The maximum Gasteiger partial charge on any atom is 0.198 e. The molecule has 0 unspecified atom stereocenters. The Kier molecular flexibility index (Phi) is 4.66. The third kappa shape index (κ3) is 3.08. The van der Waals surface area contributed by atoms with E-state index < -0.39 is 0 Å². The average Bonchev–Trinajstić information content (AvgIpc) is 3.04. The summed E-state index contributed by atoms with van der Waals surface area (Å²) in [6.45, 7) is 1.97. The predicted octanol–water partition coefficient (Wildman–Crippen LogP) is 5.17. The number of rotatable bonds is 4. The Morgan fingerprint density at radius 2 is 1.69 bits per heavy atom. The summed E-state index contributed by atoms with van der Waals surface area (Å²) in [6.07, 6.45) is 2.72. The molecule has 0 amide bonds. The van der Waals surface area contributed by atoms with Crippen LogP contribution in [0.3, 0.4) is 0 Å². The Morgan fingerprint density at radius 3 is 2.42 bits per heavy atom. The molecule has 130 valence electrons. The van der Waals surface area contributed by atoms with Crippen molar-refractivity contribution in [1.29, 1.82) is 0 Å². The summed E-state index contributed by atoms with van der Waals surface area (Å²) in [5.41, 5.74) is 4.98. The van der Waals surface area contributed by atoms with Gasteiger partial charge >= 0.3 is 0 Å². The second-order valence-corrected chi connectivity index (χ2v) is 7.05. The van der Waals surface area contributed by atoms with Crippen LogP contribution in [-0.2, 0) is 6.42 Å². The quantitative estimate of drug-likeness (QED) is 0.458. The van der Waals surface area contributed by atoms with Crippen LogP contribution in [0.25, 0.3) is 22.7 Å². The van der Waals surface area contributed by atoms with Gasteiger partial charge in [-0.2, -0.15) is 0 Å². The number of nitrogens with zero attached hydrogens (tertiary/aromatic N) is 4. The molecule has 26 heavy (non-hydrogen) atoms. The summed E-state index contributed by atoms with van der Waals surface area (Å²) in [5, 5.41) is 0.482. The summed E-state index contributed by atoms with van der Waals surface area (Å²) in [6, 6.07) is 18.2. The van der Waals surface area contributed by atoms with E-state index in [0.717, 1.165) is 28.1 Å². The Bertz CT molecular complexity index is 1050. The van der Waals surface area contributed by atoms with Gasteiger partial charge in [-0.25, -0.2) is 15.0 Å². The highest BCUT2D eigenvalue weighted by Crippen LogP contribution is 2.29. The number of halogens is 1. The molecule has 0 bridgehead atoms. The van der Waals surface area contributed by atoms with Crippen molar-refractivity contribution < 1.29 is 0 Å². The van der Waals surface area contributed by atoms with Crippen molar-refractivity contribution in [1.82, 2.24) is 18.9 Å². The van der Waals surface area contributed by atoms with Gasteiger partial charge in [0.25, 0.3) is 0 Å². The summed E-state index contributed by atoms with van der Waals surface area (Å²) >= 11 is 8.11. The molecular formula is C20H17ClN4S. The lowest BCUT2D eigenvalue weighted by Gasteiger charge is -2.10. The topological polar surface area (TPSA) is 43.6 Å². The van der Waals surface area contributed by atoms with E-state index in [1.807, 2.05) is 59.6 Å². The number of para-hydroxylation sites is 2. The molecule has 2 aromatic carbocycles. The monoisotopic (exact) mass is 380 g/mol. The zero-order valence-corrected chi connectivity index (χ0v) is 16.1. The molecule has 0 atom stereocenters. The fourth-order valence-electron chi connectivity index (χ4n) is 2.99. The van der Waals surface area contributed by atoms with Crippen LogP contribution in [0.4, 0.5) is 0 Å². The Morgan fingerprint density at radius 1 is 0.962 bits per heavy atom. The molecule has 0 saturated carbocycles. The molecular weight excluding hydrogens is 364 g/mol. The van der Waals surface area contributed by atoms with Crippen LogP contribution in [-0.4, -0.2) is 25.2 Å². The van der Waals surface area contributed by atoms with Crippen molar-refractivity contribution in [2.45, 2.75) is 13.3 Å². The molecule has 4 rings (SSSR count). The predicted molar refractivity (Wildman–Crippen MR) is 109 cm³/mol. The highest BCUT2D eigenvalue weighted by Gasteiger charge is 2.18. The summed E-state index contributed by atoms with van der Waals surface area (Å²) in [7, 11) is 0. The number of aryl methyl sites for hydroxylation is 1. The molecule has 0 fully saturated rings. The van der Waals surface area contributed by atoms with Crippen LogP contribution >= 0.6 is 23.5 Å². The molecule has 0 radical (unpaired) electrons. The van der Waals surface area contributed by atoms with Gasteiger partial charge in [-0.3, -0.25) is 3.97 Å². The van der Waals surface area contributed by atoms with Gasteiger partial charge < -0.3 is 0 Å². The van der Waals surface area contributed by atoms with Gasteiger partial charge in [0.1, 0.15) is 5.15 Å². The Balaban J connectivity index is 1.80. The summed E-state index contributed by atoms with van der Waals surface area (Å²) in [5.74, 6) is 1.27. The van der Waals surface area contributed by atoms with Gasteiger partial charge in [0.15, 0.2) is 11.6 Å². The molecule has 6 heteroatoms. The lowest BCUT2D eigenvalue weighted by Crippen LogP contribution is -2.03. The number of aromatic nitrogens is 4. The standard InChI is InChI=1S/C20H17ClN4S/c1-13-15(12-14-8-4-3-5-9-14)18(21)24-19(22-13)20-23-16-10-6-7-11-17(16)25(20)26-2/h3-11H,12H2,1-2H3. The SMILES string of the molecule is CSn1c(-c2nc(C)c(Cc3ccccc3)c(Cl)n2)nc2ccccc21. The van der Waals surface area contributed by atoms with Crippen LogP contribution in [0.1, 0.15) is 16.8 Å². The van der Waals surface area contributed by atoms with E-state index >= 15 is 0 Å². The zero-order chi connectivity index (χ0) is 18.1. The largest absolute Gasteiger partial charge is 0.263 e. The van der Waals surface area contributed by atoms with Crippen LogP contribution in [0.5, 0.6) is 0 Å². The van der Waals surface area contributed by atoms with Crippen molar-refractivity contribution in [2.24, 2.45) is 0 Å². The lowest BCUT2D eigenvalue weighted by atomic mass is 10.1. The zero-order valence-electron chi connectivity index (χ0n) is 14.5. The minimum atomic E-state index is 0.482. The fraction of sp³-hybridized carbons (Fsp3) is 0.150. The van der Waals surface area contributed by atoms with Crippen molar-refractivity contribution in [3.05, 3.63) is 76.6 Å². The molecule has 0 N–H and O–H groups in total. The smallest absolute Gasteiger partial charge is 0.198 e. The van der Waals surface area contributed by atoms with Crippen LogP contribution in [0.2, 0.25) is 5.15 Å². The highest BCUT2D eigenvalue weighted by molar-refractivity contribution is 7.97. The molecule has 4 aromatic rings. The van der Waals surface area contributed by atoms with Gasteiger partial charge in [-0.1, -0.05) is 54.1 Å². The Hall–Kier alpha value is -2.37. The molecule has 0 aliphatic carbocycles. The normalized spacial score (nSPS) is 11.2. The van der Waals surface area contributed by atoms with E-state index in [9.17, 15) is 0 Å². The first-order valence-corrected chi connectivity index (χ1v) is 9.82. The Labute approximate surface area is 161 Å². The second kappa shape index (κ2) is 7.09. The van der Waals surface area contributed by atoms with Gasteiger partial charge in [0.2, 0.25) is 0 Å². The van der Waals surface area contributed by atoms with E-state index in [4.69, 9.17) is 21.6 Å². The van der Waals surface area contributed by atoms with Crippen molar-refractivity contribution in [2.75, 3.05) is 6.26 Å². The van der Waals surface area contributed by atoms with Crippen molar-refractivity contribution in [3.63, 3.8) is 0 Å². The average molecular weight is 381 g/mol. The molecule has 0 aliphatic rings. The summed E-state index contributed by atoms with van der Waals surface area (Å²) < 4.78 is 2.04. The fourth-order valence-corrected chi connectivity index (χ4v) is 3.92. The van der Waals surface area contributed by atoms with Crippen molar-refractivity contribution >= 4 is 34.6 Å². The molecule has 0 saturated heterocycles. The van der Waals surface area contributed by atoms with Crippen molar-refractivity contribution in [3.8, 4) is 11.6 Å². The molecule has 4 nitrogen and oxygen atoms in total. The molecule has 0 spiro atoms. The van der Waals surface area contributed by atoms with Crippen LogP contribution < -0.4 is 0 Å². The number of fused-ring (bicyclic) bond motifs is 1. The van der Waals surface area contributed by atoms with Crippen LogP contribution in [0, 0.1) is 6.92 Å². The molecule has 2 heterocycles. The van der Waals surface area contributed by atoms with E-state index in [1.165, 1.54) is 5.56 Å². The maximum atomic E-state index is 6.53. The minimum Gasteiger partial charge on any atom is -0.263 e. The number of hydrogen-bond acceptors (Lipinski definition) is 4. The first kappa shape index (κ1) is 17.1. The minimum absolute atomic E-state index is 0.482. The molecule has 0 aliphatic heterocycles. The second-order valence-electron chi connectivity index (χ2n) is 5.97. The van der Waals surface area contributed by atoms with Gasteiger partial charge in [0.05, 0.1) is 11.0 Å². The van der Waals surface area contributed by atoms with E-state index in [2.05, 4.69) is 17.1 Å². The van der Waals surface area contributed by atoms with E-state index in [0.29, 0.717) is 17.4 Å². The van der Waals surface area contributed by atoms with Crippen LogP contribution in [0.15, 0.2) is 54.6 Å². The maximum absolute atomic E-state index is 6.53. The number of hydrogen-bond donors (Lipinski definition) is 0. The third-order valence-electron chi connectivity index (χ3n) is 4.29. The first-order valence-electron chi connectivity index (χ1n) is 8.26. The lowest BCUT2D eigenvalue weighted by molar-refractivity contribution is 1.00. The van der Waals surface area contributed by atoms with E-state index in [-0.39, 0.29) is 0 Å². The van der Waals surface area contributed by atoms with E-state index in [1.54, 1.807) is 11.9 Å². The van der Waals surface area contributed by atoms with Gasteiger partial charge in [-0.15, -0.1) is 0 Å². The molecule has 2 aromatic heterocycles.